The summed E-state index contributed by atoms with van der Waals surface area (Å²) in [6.45, 7) is 3.30. The van der Waals surface area contributed by atoms with Crippen LogP contribution in [0.5, 0.6) is 11.5 Å². The van der Waals surface area contributed by atoms with Crippen LogP contribution < -0.4 is 19.5 Å². The highest BCUT2D eigenvalue weighted by Gasteiger charge is 2.24. The van der Waals surface area contributed by atoms with Gasteiger partial charge in [0.15, 0.2) is 0 Å². The first-order valence-electron chi connectivity index (χ1n) is 9.86. The molecule has 1 aromatic heterocycles. The second kappa shape index (κ2) is 9.84. The van der Waals surface area contributed by atoms with Crippen LogP contribution in [0.4, 0.5) is 5.88 Å². The fourth-order valence-corrected chi connectivity index (χ4v) is 4.40. The maximum Gasteiger partial charge on any atom is 0.244 e. The van der Waals surface area contributed by atoms with E-state index in [9.17, 15) is 13.2 Å². The SMILES string of the molecule is CCc1noc(NC(C)=O)c1-c1ccc(OC)c(S(=O)(=O)NCc2cccc(OC)c2)c1. The zero-order chi connectivity index (χ0) is 23.3. The minimum absolute atomic E-state index is 0.0441. The van der Waals surface area contributed by atoms with Crippen molar-refractivity contribution in [3.05, 3.63) is 53.7 Å². The maximum absolute atomic E-state index is 13.1. The number of benzene rings is 2. The number of hydrogen-bond donors (Lipinski definition) is 2. The number of aryl methyl sites for hydroxylation is 1. The molecular formula is C22H25N3O6S. The third-order valence-corrected chi connectivity index (χ3v) is 6.15. The van der Waals surface area contributed by atoms with Crippen LogP contribution in [0.15, 0.2) is 51.9 Å². The van der Waals surface area contributed by atoms with Gasteiger partial charge in [0.05, 0.1) is 25.5 Å². The van der Waals surface area contributed by atoms with Gasteiger partial charge in [-0.05, 0) is 41.8 Å². The Hall–Kier alpha value is -3.37. The lowest BCUT2D eigenvalue weighted by molar-refractivity contribution is -0.114. The fraction of sp³-hybridized carbons (Fsp3) is 0.273. The van der Waals surface area contributed by atoms with E-state index in [1.165, 1.54) is 20.1 Å². The Morgan fingerprint density at radius 2 is 1.91 bits per heavy atom. The number of rotatable bonds is 9. The molecule has 170 valence electrons. The molecule has 1 heterocycles. The van der Waals surface area contributed by atoms with E-state index >= 15 is 0 Å². The monoisotopic (exact) mass is 459 g/mol. The van der Waals surface area contributed by atoms with Crippen LogP contribution in [-0.4, -0.2) is 33.7 Å². The van der Waals surface area contributed by atoms with Crippen molar-refractivity contribution in [3.63, 3.8) is 0 Å². The van der Waals surface area contributed by atoms with Crippen LogP contribution in [0.25, 0.3) is 11.1 Å². The normalized spacial score (nSPS) is 11.2. The molecule has 2 aromatic carbocycles. The first-order chi connectivity index (χ1) is 15.3. The molecule has 0 aliphatic carbocycles. The summed E-state index contributed by atoms with van der Waals surface area (Å²) < 4.78 is 44.6. The number of sulfonamides is 1. The molecule has 0 aliphatic rings. The second-order valence-corrected chi connectivity index (χ2v) is 8.65. The number of methoxy groups -OCH3 is 2. The van der Waals surface area contributed by atoms with Crippen molar-refractivity contribution in [1.29, 1.82) is 0 Å². The standard InChI is InChI=1S/C22H25N3O6S/c1-5-18-21(22(31-25-18)24-14(2)26)16-9-10-19(30-4)20(12-16)32(27,28)23-13-15-7-6-8-17(11-15)29-3/h6-12,23H,5,13H2,1-4H3,(H,24,26). The van der Waals surface area contributed by atoms with E-state index in [2.05, 4.69) is 15.2 Å². The molecule has 3 aromatic rings. The van der Waals surface area contributed by atoms with Gasteiger partial charge in [-0.25, -0.2) is 13.1 Å². The van der Waals surface area contributed by atoms with Gasteiger partial charge in [-0.15, -0.1) is 0 Å². The number of ether oxygens (including phenoxy) is 2. The summed E-state index contributed by atoms with van der Waals surface area (Å²) in [5, 5.41) is 6.59. The van der Waals surface area contributed by atoms with Gasteiger partial charge in [-0.2, -0.15) is 0 Å². The number of amides is 1. The molecule has 9 nitrogen and oxygen atoms in total. The van der Waals surface area contributed by atoms with E-state index in [1.807, 2.05) is 6.92 Å². The minimum Gasteiger partial charge on any atom is -0.497 e. The lowest BCUT2D eigenvalue weighted by Gasteiger charge is -2.13. The molecule has 32 heavy (non-hydrogen) atoms. The van der Waals surface area contributed by atoms with Gasteiger partial charge >= 0.3 is 0 Å². The van der Waals surface area contributed by atoms with Crippen molar-refractivity contribution < 1.29 is 27.2 Å². The van der Waals surface area contributed by atoms with E-state index in [0.717, 1.165) is 5.56 Å². The summed E-state index contributed by atoms with van der Waals surface area (Å²) in [5.41, 5.74) is 2.37. The number of carbonyl (C=O) groups is 1. The number of nitrogens with one attached hydrogen (secondary N) is 2. The van der Waals surface area contributed by atoms with Crippen LogP contribution in [0.2, 0.25) is 0 Å². The van der Waals surface area contributed by atoms with Crippen LogP contribution in [0, 0.1) is 0 Å². The molecule has 0 radical (unpaired) electrons. The summed E-state index contributed by atoms with van der Waals surface area (Å²) >= 11 is 0. The predicted molar refractivity (Wildman–Crippen MR) is 119 cm³/mol. The Bertz CT molecular complexity index is 1220. The summed E-state index contributed by atoms with van der Waals surface area (Å²) in [5.74, 6) is 0.646. The van der Waals surface area contributed by atoms with Crippen molar-refractivity contribution in [1.82, 2.24) is 9.88 Å². The van der Waals surface area contributed by atoms with Crippen LogP contribution in [0.3, 0.4) is 0 Å². The molecule has 3 rings (SSSR count). The lowest BCUT2D eigenvalue weighted by Crippen LogP contribution is -2.24. The highest BCUT2D eigenvalue weighted by Crippen LogP contribution is 2.36. The number of hydrogen-bond acceptors (Lipinski definition) is 7. The van der Waals surface area contributed by atoms with Gasteiger partial charge in [0.25, 0.3) is 0 Å². The average Bonchev–Trinajstić information content (AvgIpc) is 3.19. The van der Waals surface area contributed by atoms with E-state index in [1.54, 1.807) is 43.5 Å². The molecule has 0 saturated carbocycles. The quantitative estimate of drug-likeness (QED) is 0.503. The molecule has 0 bridgehead atoms. The van der Waals surface area contributed by atoms with Crippen LogP contribution >= 0.6 is 0 Å². The third kappa shape index (κ3) is 5.09. The molecule has 1 amide bonds. The molecule has 10 heteroatoms. The predicted octanol–water partition coefficient (Wildman–Crippen LogP) is 3.36. The second-order valence-electron chi connectivity index (χ2n) is 6.91. The van der Waals surface area contributed by atoms with Gasteiger partial charge < -0.3 is 14.0 Å². The molecule has 2 N–H and O–H groups in total. The lowest BCUT2D eigenvalue weighted by atomic mass is 10.0. The summed E-state index contributed by atoms with van der Waals surface area (Å²) in [7, 11) is -1.000. The van der Waals surface area contributed by atoms with Crippen molar-refractivity contribution >= 4 is 21.8 Å². The minimum atomic E-state index is -3.94. The summed E-state index contributed by atoms with van der Waals surface area (Å²) in [4.78, 5) is 11.5. The zero-order valence-corrected chi connectivity index (χ0v) is 19.1. The summed E-state index contributed by atoms with van der Waals surface area (Å²) in [6, 6.07) is 11.8. The molecular weight excluding hydrogens is 434 g/mol. The van der Waals surface area contributed by atoms with E-state index < -0.39 is 10.0 Å². The van der Waals surface area contributed by atoms with Gasteiger partial charge in [0, 0.05) is 13.5 Å². The molecule has 0 saturated heterocycles. The zero-order valence-electron chi connectivity index (χ0n) is 18.3. The van der Waals surface area contributed by atoms with Gasteiger partial charge in [0.1, 0.15) is 16.4 Å². The summed E-state index contributed by atoms with van der Waals surface area (Å²) in [6.07, 6.45) is 0.528. The van der Waals surface area contributed by atoms with Crippen molar-refractivity contribution in [2.75, 3.05) is 19.5 Å². The van der Waals surface area contributed by atoms with Crippen molar-refractivity contribution in [3.8, 4) is 22.6 Å². The van der Waals surface area contributed by atoms with Gasteiger partial charge in [0.2, 0.25) is 21.8 Å². The number of carbonyl (C=O) groups excluding carboxylic acids is 1. The number of nitrogens with zero attached hydrogens (tertiary/aromatic N) is 1. The Morgan fingerprint density at radius 1 is 1.12 bits per heavy atom. The fourth-order valence-electron chi connectivity index (χ4n) is 3.19. The van der Waals surface area contributed by atoms with Crippen LogP contribution in [0.1, 0.15) is 25.1 Å². The third-order valence-electron chi connectivity index (χ3n) is 4.73. The van der Waals surface area contributed by atoms with Gasteiger partial charge in [-0.1, -0.05) is 30.3 Å². The van der Waals surface area contributed by atoms with E-state index in [-0.39, 0.29) is 29.0 Å². The highest BCUT2D eigenvalue weighted by molar-refractivity contribution is 7.89. The largest absolute Gasteiger partial charge is 0.497 e. The molecule has 0 atom stereocenters. The average molecular weight is 460 g/mol. The van der Waals surface area contributed by atoms with Crippen molar-refractivity contribution in [2.24, 2.45) is 0 Å². The molecule has 0 spiro atoms. The maximum atomic E-state index is 13.1. The highest BCUT2D eigenvalue weighted by atomic mass is 32.2. The number of anilines is 1. The van der Waals surface area contributed by atoms with Crippen LogP contribution in [-0.2, 0) is 27.8 Å². The van der Waals surface area contributed by atoms with E-state index in [0.29, 0.717) is 29.0 Å². The Balaban J connectivity index is 1.99. The first kappa shape index (κ1) is 23.3. The number of aromatic nitrogens is 1. The topological polar surface area (TPSA) is 120 Å². The van der Waals surface area contributed by atoms with Gasteiger partial charge in [-0.3, -0.25) is 10.1 Å². The molecule has 0 fully saturated rings. The Kier molecular flexibility index (Phi) is 7.16. The van der Waals surface area contributed by atoms with Crippen molar-refractivity contribution in [2.45, 2.75) is 31.7 Å². The Morgan fingerprint density at radius 3 is 2.56 bits per heavy atom. The smallest absolute Gasteiger partial charge is 0.244 e. The Labute approximate surface area is 186 Å². The molecule has 0 aliphatic heterocycles. The van der Waals surface area contributed by atoms with E-state index in [4.69, 9.17) is 14.0 Å². The molecule has 0 unspecified atom stereocenters. The first-order valence-corrected chi connectivity index (χ1v) is 11.3.